The third-order valence-electron chi connectivity index (χ3n) is 3.72. The molecule has 0 fully saturated rings. The summed E-state index contributed by atoms with van der Waals surface area (Å²) in [7, 11) is 0. The molecular formula is C17H9N3O6. The monoisotopic (exact) mass is 351 g/mol. The zero-order valence-corrected chi connectivity index (χ0v) is 12.9. The summed E-state index contributed by atoms with van der Waals surface area (Å²) in [6.07, 6.45) is 0. The van der Waals surface area contributed by atoms with Gasteiger partial charge in [-0.3, -0.25) is 10.1 Å². The van der Waals surface area contributed by atoms with Crippen molar-refractivity contribution in [2.75, 3.05) is 0 Å². The Bertz CT molecular complexity index is 1240. The van der Waals surface area contributed by atoms with Crippen LogP contribution in [-0.2, 0) is 0 Å². The van der Waals surface area contributed by atoms with E-state index < -0.39 is 16.3 Å². The maximum atomic E-state index is 12.1. The first-order chi connectivity index (χ1) is 12.5. The van der Waals surface area contributed by atoms with E-state index in [-0.39, 0.29) is 22.5 Å². The summed E-state index contributed by atoms with van der Waals surface area (Å²) in [5.74, 6) is -0.743. The van der Waals surface area contributed by atoms with Crippen molar-refractivity contribution in [1.29, 1.82) is 0 Å². The highest BCUT2D eigenvalue weighted by atomic mass is 16.6. The zero-order chi connectivity index (χ0) is 18.3. The molecule has 2 aromatic carbocycles. The number of nitrogens with zero attached hydrogens (tertiary/aromatic N) is 3. The summed E-state index contributed by atoms with van der Waals surface area (Å²) in [6.45, 7) is 0. The van der Waals surface area contributed by atoms with Gasteiger partial charge in [0.25, 0.3) is 11.6 Å². The number of hydrogen-bond donors (Lipinski definition) is 1. The van der Waals surface area contributed by atoms with E-state index in [0.29, 0.717) is 16.7 Å². The first-order valence-electron chi connectivity index (χ1n) is 7.38. The predicted octanol–water partition coefficient (Wildman–Crippen LogP) is 4.57. The van der Waals surface area contributed by atoms with Gasteiger partial charge in [-0.2, -0.15) is 0 Å². The number of nitro benzene ring substituents is 1. The molecule has 4 rings (SSSR count). The van der Waals surface area contributed by atoms with Gasteiger partial charge in [0.05, 0.1) is 16.0 Å². The third-order valence-corrected chi connectivity index (χ3v) is 3.72. The third kappa shape index (κ3) is 2.47. The van der Waals surface area contributed by atoms with Crippen LogP contribution in [0, 0.1) is 10.1 Å². The van der Waals surface area contributed by atoms with Gasteiger partial charge in [0.2, 0.25) is 0 Å². The fraction of sp³-hybridized carbons (Fsp3) is 0. The number of nitro groups is 1. The molecule has 9 heteroatoms. The van der Waals surface area contributed by atoms with Gasteiger partial charge < -0.3 is 13.9 Å². The Morgan fingerprint density at radius 2 is 1.73 bits per heavy atom. The van der Waals surface area contributed by atoms with E-state index in [9.17, 15) is 20.0 Å². The second kappa shape index (κ2) is 5.81. The van der Waals surface area contributed by atoms with E-state index >= 15 is 0 Å². The van der Waals surface area contributed by atoms with Gasteiger partial charge in [-0.05, 0) is 24.3 Å². The van der Waals surface area contributed by atoms with Crippen molar-refractivity contribution >= 4 is 39.2 Å². The molecule has 0 aliphatic rings. The van der Waals surface area contributed by atoms with Crippen molar-refractivity contribution in [2.24, 2.45) is 10.2 Å². The van der Waals surface area contributed by atoms with Gasteiger partial charge in [-0.1, -0.05) is 12.1 Å². The molecule has 0 amide bonds. The number of azo groups is 1. The van der Waals surface area contributed by atoms with Crippen LogP contribution in [-0.4, -0.2) is 10.0 Å². The van der Waals surface area contributed by atoms with Crippen LogP contribution < -0.4 is 5.63 Å². The number of rotatable bonds is 3. The van der Waals surface area contributed by atoms with Crippen molar-refractivity contribution in [3.05, 3.63) is 69.1 Å². The molecule has 0 aliphatic carbocycles. The van der Waals surface area contributed by atoms with Crippen molar-refractivity contribution in [2.45, 2.75) is 0 Å². The smallest absolute Gasteiger partial charge is 0.351 e. The minimum Gasteiger partial charge on any atom is -0.502 e. The number of hydrogen-bond acceptors (Lipinski definition) is 8. The quantitative estimate of drug-likeness (QED) is 0.249. The largest absolute Gasteiger partial charge is 0.502 e. The number of non-ortho nitro benzene ring substituents is 1. The molecule has 0 unspecified atom stereocenters. The van der Waals surface area contributed by atoms with Crippen LogP contribution in [0.5, 0.6) is 5.75 Å². The van der Waals surface area contributed by atoms with E-state index in [2.05, 4.69) is 10.2 Å². The lowest BCUT2D eigenvalue weighted by Crippen LogP contribution is -1.97. The average molecular weight is 351 g/mol. The molecule has 0 saturated heterocycles. The van der Waals surface area contributed by atoms with E-state index in [1.54, 1.807) is 24.3 Å². The molecular weight excluding hydrogens is 342 g/mol. The Kier molecular flexibility index (Phi) is 3.47. The highest BCUT2D eigenvalue weighted by Gasteiger charge is 2.20. The summed E-state index contributed by atoms with van der Waals surface area (Å²) in [4.78, 5) is 22.2. The van der Waals surface area contributed by atoms with Gasteiger partial charge in [0, 0.05) is 12.1 Å². The molecule has 1 N–H and O–H groups in total. The molecule has 9 nitrogen and oxygen atoms in total. The summed E-state index contributed by atoms with van der Waals surface area (Å²) < 4.78 is 10.7. The predicted molar refractivity (Wildman–Crippen MR) is 91.2 cm³/mol. The Labute approximate surface area is 144 Å². The number of fused-ring (bicyclic) bond motifs is 3. The molecule has 4 aromatic rings. The highest BCUT2D eigenvalue weighted by molar-refractivity contribution is 6.04. The molecule has 128 valence electrons. The maximum absolute atomic E-state index is 12.1. The molecule has 0 aliphatic heterocycles. The lowest BCUT2D eigenvalue weighted by Gasteiger charge is -1.95. The van der Waals surface area contributed by atoms with Crippen LogP contribution in [0.4, 0.5) is 17.3 Å². The summed E-state index contributed by atoms with van der Waals surface area (Å²) in [5.41, 5.74) is -0.0618. The van der Waals surface area contributed by atoms with E-state index in [1.807, 2.05) is 0 Å². The van der Waals surface area contributed by atoms with Crippen LogP contribution in [0.15, 0.2) is 72.4 Å². The standard InChI is InChI=1S/C17H9N3O6/c21-14-13-15(11-3-1-2-4-12(11)25-17(13)22)26-16(14)19-18-9-5-7-10(8-6-9)20(23)24/h1-8,21H. The molecule has 0 spiro atoms. The minimum absolute atomic E-state index is 0.0837. The number of benzene rings is 2. The van der Waals surface area contributed by atoms with Crippen molar-refractivity contribution in [3.8, 4) is 5.75 Å². The molecule has 0 radical (unpaired) electrons. The van der Waals surface area contributed by atoms with Gasteiger partial charge in [0.1, 0.15) is 5.58 Å². The van der Waals surface area contributed by atoms with Crippen LogP contribution in [0.1, 0.15) is 0 Å². The topological polar surface area (TPSA) is 131 Å². The number of furan rings is 1. The van der Waals surface area contributed by atoms with Crippen LogP contribution >= 0.6 is 0 Å². The van der Waals surface area contributed by atoms with E-state index in [1.165, 1.54) is 24.3 Å². The SMILES string of the molecule is O=c1oc2ccccc2c2oc(N=Nc3ccc([N+](=O)[O-])cc3)c(O)c12. The van der Waals surface area contributed by atoms with E-state index in [4.69, 9.17) is 8.83 Å². The van der Waals surface area contributed by atoms with Gasteiger partial charge in [-0.25, -0.2) is 4.79 Å². The van der Waals surface area contributed by atoms with Gasteiger partial charge in [0.15, 0.2) is 16.7 Å². The molecule has 0 bridgehead atoms. The maximum Gasteiger partial charge on any atom is 0.351 e. The van der Waals surface area contributed by atoms with Crippen molar-refractivity contribution in [1.82, 2.24) is 0 Å². The fourth-order valence-electron chi connectivity index (χ4n) is 2.50. The van der Waals surface area contributed by atoms with Crippen LogP contribution in [0.2, 0.25) is 0 Å². The Morgan fingerprint density at radius 1 is 1.00 bits per heavy atom. The Hall–Kier alpha value is -4.01. The van der Waals surface area contributed by atoms with Crippen molar-refractivity contribution in [3.63, 3.8) is 0 Å². The second-order valence-corrected chi connectivity index (χ2v) is 5.32. The number of para-hydroxylation sites is 1. The lowest BCUT2D eigenvalue weighted by molar-refractivity contribution is -0.384. The van der Waals surface area contributed by atoms with Gasteiger partial charge in [-0.15, -0.1) is 10.2 Å². The second-order valence-electron chi connectivity index (χ2n) is 5.32. The molecule has 2 heterocycles. The molecule has 0 saturated carbocycles. The molecule has 2 aromatic heterocycles. The average Bonchev–Trinajstić information content (AvgIpc) is 2.98. The first-order valence-corrected chi connectivity index (χ1v) is 7.38. The van der Waals surface area contributed by atoms with Gasteiger partial charge >= 0.3 is 5.63 Å². The molecule has 26 heavy (non-hydrogen) atoms. The van der Waals surface area contributed by atoms with Crippen molar-refractivity contribution < 1.29 is 18.9 Å². The molecule has 0 atom stereocenters. The van der Waals surface area contributed by atoms with E-state index in [0.717, 1.165) is 0 Å². The minimum atomic E-state index is -0.753. The Balaban J connectivity index is 1.81. The fourth-order valence-corrected chi connectivity index (χ4v) is 2.50. The highest BCUT2D eigenvalue weighted by Crippen LogP contribution is 2.40. The number of aromatic hydroxyl groups is 1. The lowest BCUT2D eigenvalue weighted by atomic mass is 10.2. The summed E-state index contributed by atoms with van der Waals surface area (Å²) in [5, 5.41) is 28.9. The summed E-state index contributed by atoms with van der Waals surface area (Å²) >= 11 is 0. The zero-order valence-electron chi connectivity index (χ0n) is 12.9. The summed E-state index contributed by atoms with van der Waals surface area (Å²) in [6, 6.07) is 12.1. The van der Waals surface area contributed by atoms with Crippen LogP contribution in [0.25, 0.3) is 21.9 Å². The van der Waals surface area contributed by atoms with Crippen LogP contribution in [0.3, 0.4) is 0 Å². The Morgan fingerprint density at radius 3 is 2.46 bits per heavy atom. The first kappa shape index (κ1) is 15.5. The normalized spacial score (nSPS) is 11.5.